The number of aliphatic hydroxyl groups excluding tert-OH is 1. The number of ether oxygens (including phenoxy) is 1. The largest absolute Gasteiger partial charge is 0.393 e. The topological polar surface area (TPSA) is 90.4 Å². The van der Waals surface area contributed by atoms with Crippen LogP contribution < -0.4 is 11.4 Å². The van der Waals surface area contributed by atoms with Crippen molar-refractivity contribution in [3.05, 3.63) is 33.1 Å². The third-order valence-corrected chi connectivity index (χ3v) is 3.36. The molecule has 0 saturated carbocycles. The summed E-state index contributed by atoms with van der Waals surface area (Å²) in [6, 6.07) is 0. The van der Waals surface area contributed by atoms with Crippen LogP contribution in [0.25, 0.3) is 0 Å². The summed E-state index contributed by atoms with van der Waals surface area (Å²) in [5.74, 6) is -0.0466. The van der Waals surface area contributed by atoms with Crippen LogP contribution in [-0.4, -0.2) is 33.5 Å². The van der Waals surface area contributed by atoms with Crippen molar-refractivity contribution in [2.45, 2.75) is 18.5 Å². The van der Waals surface area contributed by atoms with Gasteiger partial charge in [0.05, 0.1) is 17.4 Å². The van der Waals surface area contributed by atoms with E-state index in [0.29, 0.717) is 0 Å². The molecule has 1 aliphatic heterocycles. The molecule has 1 fully saturated rings. The van der Waals surface area contributed by atoms with E-state index in [1.165, 1.54) is 6.20 Å². The summed E-state index contributed by atoms with van der Waals surface area (Å²) >= 11 is 3.05. The summed E-state index contributed by atoms with van der Waals surface area (Å²) in [6.45, 7) is -0.592. The summed E-state index contributed by atoms with van der Waals surface area (Å²) in [6.07, 6.45) is -3.17. The van der Waals surface area contributed by atoms with Gasteiger partial charge in [-0.3, -0.25) is 4.57 Å². The van der Waals surface area contributed by atoms with E-state index in [0.717, 1.165) is 4.57 Å². The van der Waals surface area contributed by atoms with Crippen molar-refractivity contribution in [2.75, 3.05) is 12.3 Å². The molecule has 0 bridgehead atoms. The smallest absolute Gasteiger partial charge is 0.351 e. The number of aromatic nitrogens is 2. The monoisotopic (exact) mass is 337 g/mol. The lowest BCUT2D eigenvalue weighted by molar-refractivity contribution is -0.0376. The highest BCUT2D eigenvalue weighted by molar-refractivity contribution is 9.10. The standard InChI is InChI=1S/C10H10BrF2N3O3/c11-5-2-16(10(18)15-8(5)14)9-7(13)4(1-12)6(3-17)19-9/h1-2,6-7,9,17H,3H2,(H2,14,15,18). The molecular weight excluding hydrogens is 328 g/mol. The Kier molecular flexibility index (Phi) is 3.97. The van der Waals surface area contributed by atoms with Crippen LogP contribution in [0, 0.1) is 0 Å². The fourth-order valence-corrected chi connectivity index (χ4v) is 2.09. The third kappa shape index (κ3) is 2.40. The Morgan fingerprint density at radius 3 is 2.89 bits per heavy atom. The molecule has 3 N–H and O–H groups in total. The summed E-state index contributed by atoms with van der Waals surface area (Å²) in [7, 11) is 0. The lowest BCUT2D eigenvalue weighted by Crippen LogP contribution is -2.31. The van der Waals surface area contributed by atoms with Crippen LogP contribution in [0.4, 0.5) is 14.6 Å². The molecular formula is C10H10BrF2N3O3. The van der Waals surface area contributed by atoms with Gasteiger partial charge in [-0.05, 0) is 15.9 Å². The molecule has 1 aromatic heterocycles. The molecule has 0 aromatic carbocycles. The van der Waals surface area contributed by atoms with Gasteiger partial charge in [0.1, 0.15) is 11.9 Å². The number of hydrogen-bond donors (Lipinski definition) is 2. The number of anilines is 1. The predicted molar refractivity (Wildman–Crippen MR) is 65.7 cm³/mol. The van der Waals surface area contributed by atoms with Crippen molar-refractivity contribution in [3.8, 4) is 0 Å². The molecule has 1 aliphatic rings. The number of aliphatic hydroxyl groups is 1. The lowest BCUT2D eigenvalue weighted by atomic mass is 10.1. The van der Waals surface area contributed by atoms with E-state index < -0.39 is 30.8 Å². The molecule has 19 heavy (non-hydrogen) atoms. The lowest BCUT2D eigenvalue weighted by Gasteiger charge is -2.16. The van der Waals surface area contributed by atoms with E-state index in [4.69, 9.17) is 15.6 Å². The Hall–Kier alpha value is -1.32. The maximum Gasteiger partial charge on any atom is 0.351 e. The van der Waals surface area contributed by atoms with E-state index in [9.17, 15) is 13.6 Å². The van der Waals surface area contributed by atoms with E-state index >= 15 is 0 Å². The number of nitrogen functional groups attached to an aromatic ring is 1. The minimum atomic E-state index is -1.89. The highest BCUT2D eigenvalue weighted by atomic mass is 79.9. The Morgan fingerprint density at radius 2 is 2.37 bits per heavy atom. The molecule has 2 rings (SSSR count). The van der Waals surface area contributed by atoms with Crippen molar-refractivity contribution in [3.63, 3.8) is 0 Å². The predicted octanol–water partition coefficient (Wildman–Crippen LogP) is 0.669. The zero-order chi connectivity index (χ0) is 14.2. The second-order valence-electron chi connectivity index (χ2n) is 3.87. The average molecular weight is 338 g/mol. The van der Waals surface area contributed by atoms with Crippen LogP contribution >= 0.6 is 15.9 Å². The van der Waals surface area contributed by atoms with Gasteiger partial charge in [0.2, 0.25) is 0 Å². The Labute approximate surface area is 114 Å². The molecule has 0 aliphatic carbocycles. The Bertz CT molecular complexity index is 578. The molecule has 0 amide bonds. The van der Waals surface area contributed by atoms with Crippen molar-refractivity contribution >= 4 is 21.7 Å². The minimum Gasteiger partial charge on any atom is -0.393 e. The number of hydrogen-bond acceptors (Lipinski definition) is 5. The van der Waals surface area contributed by atoms with Crippen molar-refractivity contribution in [2.24, 2.45) is 0 Å². The zero-order valence-corrected chi connectivity index (χ0v) is 11.0. The number of alkyl halides is 1. The van der Waals surface area contributed by atoms with E-state index in [-0.39, 0.29) is 22.2 Å². The Morgan fingerprint density at radius 1 is 1.68 bits per heavy atom. The highest BCUT2D eigenvalue weighted by Crippen LogP contribution is 2.35. The summed E-state index contributed by atoms with van der Waals surface area (Å²) in [5.41, 5.74) is 4.23. The molecule has 0 spiro atoms. The maximum absolute atomic E-state index is 14.0. The second-order valence-corrected chi connectivity index (χ2v) is 4.73. The van der Waals surface area contributed by atoms with Gasteiger partial charge in [0.25, 0.3) is 0 Å². The van der Waals surface area contributed by atoms with Crippen molar-refractivity contribution < 1.29 is 18.6 Å². The van der Waals surface area contributed by atoms with Gasteiger partial charge in [-0.25, -0.2) is 13.6 Å². The van der Waals surface area contributed by atoms with Gasteiger partial charge in [0.15, 0.2) is 12.4 Å². The van der Waals surface area contributed by atoms with Crippen molar-refractivity contribution in [1.29, 1.82) is 0 Å². The van der Waals surface area contributed by atoms with Gasteiger partial charge in [-0.2, -0.15) is 4.98 Å². The van der Waals surface area contributed by atoms with Crippen LogP contribution in [0.1, 0.15) is 6.23 Å². The van der Waals surface area contributed by atoms with Crippen LogP contribution in [0.2, 0.25) is 0 Å². The first-order chi connectivity index (χ1) is 8.99. The Balaban J connectivity index is 2.44. The summed E-state index contributed by atoms with van der Waals surface area (Å²) in [4.78, 5) is 15.1. The molecule has 1 saturated heterocycles. The van der Waals surface area contributed by atoms with Crippen LogP contribution in [0.15, 0.2) is 27.4 Å². The van der Waals surface area contributed by atoms with Crippen LogP contribution in [0.5, 0.6) is 0 Å². The van der Waals surface area contributed by atoms with Crippen molar-refractivity contribution in [1.82, 2.24) is 9.55 Å². The van der Waals surface area contributed by atoms with Gasteiger partial charge in [0, 0.05) is 11.8 Å². The van der Waals surface area contributed by atoms with Crippen LogP contribution in [0.3, 0.4) is 0 Å². The molecule has 2 heterocycles. The number of halogens is 3. The third-order valence-electron chi connectivity index (χ3n) is 2.74. The normalized spacial score (nSPS) is 29.1. The van der Waals surface area contributed by atoms with Gasteiger partial charge in [-0.1, -0.05) is 0 Å². The molecule has 3 unspecified atom stereocenters. The first kappa shape index (κ1) is 14.1. The number of rotatable bonds is 2. The molecule has 9 heteroatoms. The second kappa shape index (κ2) is 5.35. The fourth-order valence-electron chi connectivity index (χ4n) is 1.78. The van der Waals surface area contributed by atoms with E-state index in [2.05, 4.69) is 20.9 Å². The maximum atomic E-state index is 14.0. The quantitative estimate of drug-likeness (QED) is 0.827. The molecule has 3 atom stereocenters. The first-order valence-electron chi connectivity index (χ1n) is 5.24. The van der Waals surface area contributed by atoms with E-state index in [1.807, 2.05) is 0 Å². The van der Waals surface area contributed by atoms with Gasteiger partial charge >= 0.3 is 5.69 Å². The summed E-state index contributed by atoms with van der Waals surface area (Å²) < 4.78 is 32.8. The van der Waals surface area contributed by atoms with Gasteiger partial charge < -0.3 is 15.6 Å². The molecule has 1 aromatic rings. The highest BCUT2D eigenvalue weighted by Gasteiger charge is 2.42. The number of nitrogens with two attached hydrogens (primary N) is 1. The molecule has 0 radical (unpaired) electrons. The van der Waals surface area contributed by atoms with Crippen LogP contribution in [-0.2, 0) is 4.74 Å². The van der Waals surface area contributed by atoms with E-state index in [1.54, 1.807) is 0 Å². The summed E-state index contributed by atoms with van der Waals surface area (Å²) in [5, 5.41) is 8.99. The zero-order valence-electron chi connectivity index (χ0n) is 9.46. The average Bonchev–Trinajstić information content (AvgIpc) is 2.70. The first-order valence-corrected chi connectivity index (χ1v) is 6.03. The molecule has 104 valence electrons. The number of nitrogens with zero attached hydrogens (tertiary/aromatic N) is 2. The SMILES string of the molecule is Nc1nc(=O)n(C2OC(CO)C(=CF)C2F)cc1Br. The van der Waals surface area contributed by atoms with Gasteiger partial charge in [-0.15, -0.1) is 0 Å². The minimum absolute atomic E-state index is 0.0381. The molecule has 6 nitrogen and oxygen atoms in total. The fraction of sp³-hybridized carbons (Fsp3) is 0.400.